The Kier molecular flexibility index (Phi) is 3.75. The minimum Gasteiger partial charge on any atom is -0.354 e. The Bertz CT molecular complexity index is 304. The Morgan fingerprint density at radius 1 is 1.67 bits per heavy atom. The fraction of sp³-hybridized carbons (Fsp3) is 0.545. The van der Waals surface area contributed by atoms with Crippen LogP contribution in [0.25, 0.3) is 0 Å². The molecule has 3 nitrogen and oxygen atoms in total. The summed E-state index contributed by atoms with van der Waals surface area (Å²) in [5.74, 6) is 0.155. The van der Waals surface area contributed by atoms with Crippen molar-refractivity contribution >= 4 is 17.2 Å². The highest BCUT2D eigenvalue weighted by Crippen LogP contribution is 2.07. The zero-order chi connectivity index (χ0) is 10.5. The van der Waals surface area contributed by atoms with Gasteiger partial charge in [-0.1, -0.05) is 0 Å². The summed E-state index contributed by atoms with van der Waals surface area (Å²) in [7, 11) is 0. The number of carbonyl (C=O) groups is 1. The Balaban J connectivity index is 1.67. The molecule has 1 amide bonds. The van der Waals surface area contributed by atoms with Gasteiger partial charge in [0.1, 0.15) is 0 Å². The van der Waals surface area contributed by atoms with Crippen LogP contribution in [0, 0.1) is 0 Å². The van der Waals surface area contributed by atoms with E-state index in [0.29, 0.717) is 0 Å². The van der Waals surface area contributed by atoms with Gasteiger partial charge in [-0.3, -0.25) is 4.79 Å². The van der Waals surface area contributed by atoms with Gasteiger partial charge in [-0.2, -0.15) is 11.3 Å². The SMILES string of the molecule is O=C(NCCc1ccsc1)C1CCCN1. The monoisotopic (exact) mass is 224 g/mol. The smallest absolute Gasteiger partial charge is 0.237 e. The molecule has 0 aliphatic carbocycles. The number of rotatable bonds is 4. The van der Waals surface area contributed by atoms with Crippen molar-refractivity contribution in [2.75, 3.05) is 13.1 Å². The first-order valence-electron chi connectivity index (χ1n) is 5.38. The van der Waals surface area contributed by atoms with E-state index in [2.05, 4.69) is 27.5 Å². The zero-order valence-electron chi connectivity index (χ0n) is 8.66. The van der Waals surface area contributed by atoms with Crippen molar-refractivity contribution < 1.29 is 4.79 Å². The summed E-state index contributed by atoms with van der Waals surface area (Å²) in [6.07, 6.45) is 3.02. The van der Waals surface area contributed by atoms with Gasteiger partial charge in [0.25, 0.3) is 0 Å². The second-order valence-corrected chi connectivity index (χ2v) is 4.60. The van der Waals surface area contributed by atoms with Gasteiger partial charge in [-0.05, 0) is 48.2 Å². The quantitative estimate of drug-likeness (QED) is 0.806. The number of thiophene rings is 1. The fourth-order valence-electron chi connectivity index (χ4n) is 1.80. The van der Waals surface area contributed by atoms with E-state index in [1.807, 2.05) is 0 Å². The van der Waals surface area contributed by atoms with Crippen molar-refractivity contribution in [2.45, 2.75) is 25.3 Å². The summed E-state index contributed by atoms with van der Waals surface area (Å²) in [5.41, 5.74) is 1.31. The lowest BCUT2D eigenvalue weighted by Gasteiger charge is -2.10. The Morgan fingerprint density at radius 2 is 2.60 bits per heavy atom. The van der Waals surface area contributed by atoms with Gasteiger partial charge in [-0.25, -0.2) is 0 Å². The first-order valence-corrected chi connectivity index (χ1v) is 6.33. The van der Waals surface area contributed by atoms with Crippen LogP contribution in [-0.4, -0.2) is 25.0 Å². The highest BCUT2D eigenvalue weighted by atomic mass is 32.1. The molecule has 1 aliphatic heterocycles. The van der Waals surface area contributed by atoms with E-state index in [-0.39, 0.29) is 11.9 Å². The molecule has 0 saturated carbocycles. The fourth-order valence-corrected chi connectivity index (χ4v) is 2.50. The maximum atomic E-state index is 11.6. The number of amides is 1. The molecule has 0 bridgehead atoms. The van der Waals surface area contributed by atoms with Crippen LogP contribution in [0.4, 0.5) is 0 Å². The molecule has 2 rings (SSSR count). The second kappa shape index (κ2) is 5.28. The first-order chi connectivity index (χ1) is 7.36. The molecule has 1 atom stereocenters. The molecule has 4 heteroatoms. The molecule has 1 aromatic heterocycles. The van der Waals surface area contributed by atoms with Gasteiger partial charge < -0.3 is 10.6 Å². The molecule has 2 heterocycles. The summed E-state index contributed by atoms with van der Waals surface area (Å²) in [6.45, 7) is 1.72. The van der Waals surface area contributed by atoms with Crippen molar-refractivity contribution in [3.8, 4) is 0 Å². The zero-order valence-corrected chi connectivity index (χ0v) is 9.48. The van der Waals surface area contributed by atoms with Crippen molar-refractivity contribution in [3.63, 3.8) is 0 Å². The lowest BCUT2D eigenvalue weighted by Crippen LogP contribution is -2.41. The maximum Gasteiger partial charge on any atom is 0.237 e. The van der Waals surface area contributed by atoms with Crippen LogP contribution in [0.2, 0.25) is 0 Å². The van der Waals surface area contributed by atoms with E-state index in [0.717, 1.165) is 32.4 Å². The molecule has 0 spiro atoms. The first kappa shape index (κ1) is 10.6. The van der Waals surface area contributed by atoms with Crippen LogP contribution < -0.4 is 10.6 Å². The Hall–Kier alpha value is -0.870. The van der Waals surface area contributed by atoms with Crippen molar-refractivity contribution in [1.82, 2.24) is 10.6 Å². The molecule has 0 radical (unpaired) electrons. The van der Waals surface area contributed by atoms with E-state index in [1.54, 1.807) is 11.3 Å². The minimum absolute atomic E-state index is 0.0486. The van der Waals surface area contributed by atoms with E-state index in [9.17, 15) is 4.79 Å². The standard InChI is InChI=1S/C11H16N2OS/c14-11(10-2-1-5-12-10)13-6-3-9-4-7-15-8-9/h4,7-8,10,12H,1-3,5-6H2,(H,13,14). The third-order valence-electron chi connectivity index (χ3n) is 2.67. The molecule has 2 N–H and O–H groups in total. The van der Waals surface area contributed by atoms with E-state index < -0.39 is 0 Å². The Labute approximate surface area is 93.9 Å². The van der Waals surface area contributed by atoms with Crippen LogP contribution >= 0.6 is 11.3 Å². The molecule has 1 aliphatic rings. The third-order valence-corrected chi connectivity index (χ3v) is 3.40. The number of hydrogen-bond donors (Lipinski definition) is 2. The maximum absolute atomic E-state index is 11.6. The van der Waals surface area contributed by atoms with Crippen molar-refractivity contribution in [2.24, 2.45) is 0 Å². The summed E-state index contributed by atoms with van der Waals surface area (Å²) >= 11 is 1.70. The van der Waals surface area contributed by atoms with E-state index >= 15 is 0 Å². The molecular weight excluding hydrogens is 208 g/mol. The largest absolute Gasteiger partial charge is 0.354 e. The van der Waals surface area contributed by atoms with Crippen LogP contribution in [0.5, 0.6) is 0 Å². The third kappa shape index (κ3) is 3.04. The predicted octanol–water partition coefficient (Wildman–Crippen LogP) is 1.16. The number of carbonyl (C=O) groups excluding carboxylic acids is 1. The number of nitrogens with one attached hydrogen (secondary N) is 2. The molecule has 82 valence electrons. The van der Waals surface area contributed by atoms with Crippen LogP contribution in [0.1, 0.15) is 18.4 Å². The van der Waals surface area contributed by atoms with Crippen LogP contribution in [0.3, 0.4) is 0 Å². The summed E-state index contributed by atoms with van der Waals surface area (Å²) in [5, 5.41) is 10.3. The number of hydrogen-bond acceptors (Lipinski definition) is 3. The molecule has 0 aromatic carbocycles. The van der Waals surface area contributed by atoms with Gasteiger partial charge in [0.05, 0.1) is 6.04 Å². The molecule has 15 heavy (non-hydrogen) atoms. The lowest BCUT2D eigenvalue weighted by molar-refractivity contribution is -0.122. The normalized spacial score (nSPS) is 20.4. The summed E-state index contributed by atoms with van der Waals surface area (Å²) in [6, 6.07) is 2.15. The minimum atomic E-state index is 0.0486. The van der Waals surface area contributed by atoms with Gasteiger partial charge in [0.2, 0.25) is 5.91 Å². The second-order valence-electron chi connectivity index (χ2n) is 3.82. The van der Waals surface area contributed by atoms with Gasteiger partial charge >= 0.3 is 0 Å². The van der Waals surface area contributed by atoms with Crippen LogP contribution in [0.15, 0.2) is 16.8 Å². The highest BCUT2D eigenvalue weighted by Gasteiger charge is 2.20. The van der Waals surface area contributed by atoms with E-state index in [1.165, 1.54) is 5.56 Å². The molecule has 1 unspecified atom stereocenters. The van der Waals surface area contributed by atoms with Crippen molar-refractivity contribution in [3.05, 3.63) is 22.4 Å². The molecule has 1 saturated heterocycles. The summed E-state index contributed by atoms with van der Waals surface area (Å²) in [4.78, 5) is 11.6. The predicted molar refractivity (Wildman–Crippen MR) is 62.1 cm³/mol. The molecule has 1 fully saturated rings. The van der Waals surface area contributed by atoms with E-state index in [4.69, 9.17) is 0 Å². The highest BCUT2D eigenvalue weighted by molar-refractivity contribution is 7.07. The van der Waals surface area contributed by atoms with Gasteiger partial charge in [0.15, 0.2) is 0 Å². The molecule has 1 aromatic rings. The average molecular weight is 224 g/mol. The van der Waals surface area contributed by atoms with Crippen LogP contribution in [-0.2, 0) is 11.2 Å². The summed E-state index contributed by atoms with van der Waals surface area (Å²) < 4.78 is 0. The van der Waals surface area contributed by atoms with Gasteiger partial charge in [-0.15, -0.1) is 0 Å². The van der Waals surface area contributed by atoms with Crippen molar-refractivity contribution in [1.29, 1.82) is 0 Å². The average Bonchev–Trinajstić information content (AvgIpc) is 2.90. The molecular formula is C11H16N2OS. The Morgan fingerprint density at radius 3 is 3.27 bits per heavy atom. The lowest BCUT2D eigenvalue weighted by atomic mass is 10.2. The topological polar surface area (TPSA) is 41.1 Å². The van der Waals surface area contributed by atoms with Gasteiger partial charge in [0, 0.05) is 6.54 Å².